The lowest BCUT2D eigenvalue weighted by atomic mass is 10.2. The molecule has 0 fully saturated rings. The predicted molar refractivity (Wildman–Crippen MR) is 68.6 cm³/mol. The van der Waals surface area contributed by atoms with E-state index in [9.17, 15) is 18.0 Å². The minimum absolute atomic E-state index is 0.0624. The highest BCUT2D eigenvalue weighted by atomic mass is 35.5. The van der Waals surface area contributed by atoms with Crippen molar-refractivity contribution in [3.63, 3.8) is 0 Å². The number of pyridine rings is 1. The Balaban J connectivity index is 2.71. The van der Waals surface area contributed by atoms with Gasteiger partial charge >= 0.3 is 12.1 Å². The van der Waals surface area contributed by atoms with Crippen LogP contribution in [0.1, 0.15) is 25.8 Å². The first-order chi connectivity index (χ1) is 9.24. The van der Waals surface area contributed by atoms with Gasteiger partial charge in [0.15, 0.2) is 0 Å². The average molecular weight is 311 g/mol. The number of alkyl halides is 3. The third kappa shape index (κ3) is 4.88. The Hall–Kier alpha value is -1.50. The van der Waals surface area contributed by atoms with Gasteiger partial charge in [0.1, 0.15) is 5.82 Å². The molecule has 0 saturated carbocycles. The van der Waals surface area contributed by atoms with Gasteiger partial charge < -0.3 is 10.1 Å². The molecule has 0 aromatic carbocycles. The molecule has 0 radical (unpaired) electrons. The van der Waals surface area contributed by atoms with E-state index in [2.05, 4.69) is 10.3 Å². The second kappa shape index (κ2) is 6.78. The number of nitrogens with zero attached hydrogens (tertiary/aromatic N) is 1. The van der Waals surface area contributed by atoms with E-state index in [1.807, 2.05) is 0 Å². The number of esters is 1. The van der Waals surface area contributed by atoms with E-state index in [0.29, 0.717) is 6.20 Å². The summed E-state index contributed by atoms with van der Waals surface area (Å²) in [5.41, 5.74) is -0.925. The van der Waals surface area contributed by atoms with E-state index in [1.165, 1.54) is 0 Å². The van der Waals surface area contributed by atoms with Gasteiger partial charge in [-0.25, -0.2) is 4.98 Å². The standard InChI is InChI=1S/C12H14ClF3N2O2/c1-3-20-10(19)4-7(2)18-11-9(13)5-8(6-17-11)12(14,15)16/h5-7H,3-4H2,1-2H3,(H,17,18). The highest BCUT2D eigenvalue weighted by Crippen LogP contribution is 2.32. The van der Waals surface area contributed by atoms with Gasteiger partial charge in [-0.05, 0) is 19.9 Å². The molecule has 1 unspecified atom stereocenters. The number of carbonyl (C=O) groups excluding carboxylic acids is 1. The fourth-order valence-corrected chi connectivity index (χ4v) is 1.67. The van der Waals surface area contributed by atoms with Crippen LogP contribution < -0.4 is 5.32 Å². The molecule has 1 aromatic rings. The van der Waals surface area contributed by atoms with E-state index >= 15 is 0 Å². The first kappa shape index (κ1) is 16.6. The van der Waals surface area contributed by atoms with E-state index in [1.54, 1.807) is 13.8 Å². The van der Waals surface area contributed by atoms with Crippen LogP contribution in [0.2, 0.25) is 5.02 Å². The average Bonchev–Trinajstić information content (AvgIpc) is 2.30. The van der Waals surface area contributed by atoms with E-state index in [-0.39, 0.29) is 29.9 Å². The first-order valence-electron chi connectivity index (χ1n) is 5.89. The molecule has 0 aliphatic rings. The second-order valence-electron chi connectivity index (χ2n) is 4.11. The van der Waals surface area contributed by atoms with Gasteiger partial charge in [0, 0.05) is 12.2 Å². The van der Waals surface area contributed by atoms with Gasteiger partial charge in [-0.1, -0.05) is 11.6 Å². The number of ether oxygens (including phenoxy) is 1. The van der Waals surface area contributed by atoms with Crippen molar-refractivity contribution >= 4 is 23.4 Å². The van der Waals surface area contributed by atoms with Gasteiger partial charge in [0.05, 0.1) is 23.6 Å². The number of rotatable bonds is 5. The van der Waals surface area contributed by atoms with Crippen LogP contribution in [-0.2, 0) is 15.7 Å². The summed E-state index contributed by atoms with van der Waals surface area (Å²) >= 11 is 5.74. The van der Waals surface area contributed by atoms with Crippen LogP contribution in [0.5, 0.6) is 0 Å². The fraction of sp³-hybridized carbons (Fsp3) is 0.500. The molecule has 8 heteroatoms. The minimum atomic E-state index is -4.49. The molecule has 0 aliphatic carbocycles. The molecule has 0 saturated heterocycles. The maximum absolute atomic E-state index is 12.4. The lowest BCUT2D eigenvalue weighted by molar-refractivity contribution is -0.143. The molecule has 1 N–H and O–H groups in total. The molecule has 1 aromatic heterocycles. The second-order valence-corrected chi connectivity index (χ2v) is 4.51. The Bertz CT molecular complexity index is 480. The Morgan fingerprint density at radius 3 is 2.70 bits per heavy atom. The highest BCUT2D eigenvalue weighted by molar-refractivity contribution is 6.33. The van der Waals surface area contributed by atoms with Gasteiger partial charge in [0.25, 0.3) is 0 Å². The van der Waals surface area contributed by atoms with Crippen molar-refractivity contribution in [3.8, 4) is 0 Å². The molecule has 0 amide bonds. The van der Waals surface area contributed by atoms with Gasteiger partial charge in [-0.2, -0.15) is 13.2 Å². The van der Waals surface area contributed by atoms with Gasteiger partial charge in [-0.3, -0.25) is 4.79 Å². The molecule has 0 aliphatic heterocycles. The first-order valence-corrected chi connectivity index (χ1v) is 6.26. The zero-order valence-electron chi connectivity index (χ0n) is 10.9. The number of anilines is 1. The van der Waals surface area contributed by atoms with Crippen molar-refractivity contribution in [1.82, 2.24) is 4.98 Å². The van der Waals surface area contributed by atoms with Crippen molar-refractivity contribution in [2.75, 3.05) is 11.9 Å². The van der Waals surface area contributed by atoms with Crippen LogP contribution >= 0.6 is 11.6 Å². The summed E-state index contributed by atoms with van der Waals surface area (Å²) in [4.78, 5) is 14.9. The third-order valence-electron chi connectivity index (χ3n) is 2.33. The number of carbonyl (C=O) groups is 1. The molecule has 4 nitrogen and oxygen atoms in total. The maximum atomic E-state index is 12.4. The molecule has 20 heavy (non-hydrogen) atoms. The quantitative estimate of drug-likeness (QED) is 0.846. The number of hydrogen-bond acceptors (Lipinski definition) is 4. The molecule has 1 atom stereocenters. The predicted octanol–water partition coefficient (Wildman–Crippen LogP) is 3.51. The Kier molecular flexibility index (Phi) is 5.62. The Morgan fingerprint density at radius 2 is 2.20 bits per heavy atom. The number of aromatic nitrogens is 1. The monoisotopic (exact) mass is 310 g/mol. The number of nitrogens with one attached hydrogen (secondary N) is 1. The minimum Gasteiger partial charge on any atom is -0.466 e. The zero-order chi connectivity index (χ0) is 15.3. The summed E-state index contributed by atoms with van der Waals surface area (Å²) in [7, 11) is 0. The topological polar surface area (TPSA) is 51.2 Å². The van der Waals surface area contributed by atoms with Crippen LogP contribution in [0, 0.1) is 0 Å². The van der Waals surface area contributed by atoms with Gasteiger partial charge in [-0.15, -0.1) is 0 Å². The summed E-state index contributed by atoms with van der Waals surface area (Å²) in [5.74, 6) is -0.313. The molecule has 0 spiro atoms. The summed E-state index contributed by atoms with van der Waals surface area (Å²) in [6.07, 6.45) is -3.75. The molecular weight excluding hydrogens is 297 g/mol. The summed E-state index contributed by atoms with van der Waals surface area (Å²) in [5, 5.41) is 2.61. The lowest BCUT2D eigenvalue weighted by Crippen LogP contribution is -2.22. The normalized spacial score (nSPS) is 12.9. The summed E-state index contributed by atoms with van der Waals surface area (Å²) in [6, 6.07) is 0.421. The van der Waals surface area contributed by atoms with Crippen LogP contribution in [0.4, 0.5) is 19.0 Å². The SMILES string of the molecule is CCOC(=O)CC(C)Nc1ncc(C(F)(F)F)cc1Cl. The van der Waals surface area contributed by atoms with Gasteiger partial charge in [0.2, 0.25) is 0 Å². The Morgan fingerprint density at radius 1 is 1.55 bits per heavy atom. The van der Waals surface area contributed by atoms with Crippen molar-refractivity contribution in [3.05, 3.63) is 22.8 Å². The van der Waals surface area contributed by atoms with E-state index in [0.717, 1.165) is 6.07 Å². The molecular formula is C12H14ClF3N2O2. The molecule has 1 heterocycles. The van der Waals surface area contributed by atoms with Crippen LogP contribution in [0.3, 0.4) is 0 Å². The lowest BCUT2D eigenvalue weighted by Gasteiger charge is -2.15. The fourth-order valence-electron chi connectivity index (χ4n) is 1.45. The third-order valence-corrected chi connectivity index (χ3v) is 2.62. The van der Waals surface area contributed by atoms with Crippen molar-refractivity contribution in [1.29, 1.82) is 0 Å². The Labute approximate surface area is 119 Å². The molecule has 112 valence electrons. The summed E-state index contributed by atoms with van der Waals surface area (Å²) in [6.45, 7) is 3.63. The number of halogens is 4. The molecule has 0 bridgehead atoms. The van der Waals surface area contributed by atoms with E-state index in [4.69, 9.17) is 16.3 Å². The van der Waals surface area contributed by atoms with Crippen molar-refractivity contribution < 1.29 is 22.7 Å². The van der Waals surface area contributed by atoms with Crippen molar-refractivity contribution in [2.24, 2.45) is 0 Å². The zero-order valence-corrected chi connectivity index (χ0v) is 11.7. The largest absolute Gasteiger partial charge is 0.466 e. The van der Waals surface area contributed by atoms with Crippen LogP contribution in [-0.4, -0.2) is 23.6 Å². The van der Waals surface area contributed by atoms with Crippen LogP contribution in [0.15, 0.2) is 12.3 Å². The summed E-state index contributed by atoms with van der Waals surface area (Å²) < 4.78 is 42.1. The van der Waals surface area contributed by atoms with E-state index < -0.39 is 17.7 Å². The number of hydrogen-bond donors (Lipinski definition) is 1. The smallest absolute Gasteiger partial charge is 0.417 e. The highest BCUT2D eigenvalue weighted by Gasteiger charge is 2.31. The molecule has 1 rings (SSSR count). The van der Waals surface area contributed by atoms with Crippen molar-refractivity contribution in [2.45, 2.75) is 32.5 Å². The van der Waals surface area contributed by atoms with Crippen LogP contribution in [0.25, 0.3) is 0 Å². The maximum Gasteiger partial charge on any atom is 0.417 e.